The number of terminal acetylenes is 1. The van der Waals surface area contributed by atoms with Crippen LogP contribution in [0.4, 0.5) is 4.79 Å². The molecule has 1 aromatic rings. The van der Waals surface area contributed by atoms with Crippen LogP contribution in [0.5, 0.6) is 0 Å². The van der Waals surface area contributed by atoms with E-state index in [1.165, 1.54) is 5.56 Å². The number of amidine groups is 1. The lowest BCUT2D eigenvalue weighted by Gasteiger charge is -2.27. The van der Waals surface area contributed by atoms with Gasteiger partial charge in [-0.3, -0.25) is 4.90 Å². The van der Waals surface area contributed by atoms with Gasteiger partial charge in [-0.15, -0.1) is 6.42 Å². The highest BCUT2D eigenvalue weighted by atomic mass is 16.2. The molecule has 1 aliphatic rings. The van der Waals surface area contributed by atoms with E-state index in [2.05, 4.69) is 10.9 Å². The maximum absolute atomic E-state index is 11.9. The van der Waals surface area contributed by atoms with E-state index >= 15 is 0 Å². The van der Waals surface area contributed by atoms with Gasteiger partial charge in [-0.1, -0.05) is 24.1 Å². The summed E-state index contributed by atoms with van der Waals surface area (Å²) in [6.45, 7) is 5.86. The monoisotopic (exact) mass is 255 g/mol. The minimum atomic E-state index is -0.369. The van der Waals surface area contributed by atoms with Crippen molar-refractivity contribution in [2.45, 2.75) is 32.9 Å². The van der Waals surface area contributed by atoms with Crippen LogP contribution in [0.3, 0.4) is 0 Å². The third-order valence-corrected chi connectivity index (χ3v) is 3.51. The Balaban J connectivity index is 2.46. The van der Waals surface area contributed by atoms with Crippen molar-refractivity contribution in [2.24, 2.45) is 10.7 Å². The normalized spacial score (nSPS) is 20.1. The molecule has 0 saturated carbocycles. The predicted octanol–water partition coefficient (Wildman–Crippen LogP) is 2.16. The van der Waals surface area contributed by atoms with Gasteiger partial charge >= 0.3 is 6.03 Å². The summed E-state index contributed by atoms with van der Waals surface area (Å²) in [6.07, 6.45) is 5.42. The fraction of sp³-hybridized carbons (Fsp3) is 0.333. The number of amides is 2. The minimum absolute atomic E-state index is 0.301. The van der Waals surface area contributed by atoms with Crippen molar-refractivity contribution in [1.29, 1.82) is 0 Å². The van der Waals surface area contributed by atoms with Gasteiger partial charge in [0, 0.05) is 0 Å². The van der Waals surface area contributed by atoms with Crippen LogP contribution in [0.1, 0.15) is 29.7 Å². The third kappa shape index (κ3) is 2.19. The Morgan fingerprint density at radius 1 is 1.42 bits per heavy atom. The van der Waals surface area contributed by atoms with Gasteiger partial charge in [0.15, 0.2) is 0 Å². The average Bonchev–Trinajstić information content (AvgIpc) is 2.67. The molecule has 2 N–H and O–H groups in total. The number of aliphatic imine (C=N–C) groups is 1. The zero-order chi connectivity index (χ0) is 14.2. The number of benzene rings is 1. The number of carbonyl (C=O) groups excluding carboxylic acids is 1. The van der Waals surface area contributed by atoms with Crippen molar-refractivity contribution in [3.63, 3.8) is 0 Å². The van der Waals surface area contributed by atoms with Crippen molar-refractivity contribution in [1.82, 2.24) is 4.90 Å². The second-order valence-corrected chi connectivity index (χ2v) is 4.82. The average molecular weight is 255 g/mol. The van der Waals surface area contributed by atoms with Gasteiger partial charge in [0.25, 0.3) is 0 Å². The van der Waals surface area contributed by atoms with Gasteiger partial charge in [-0.2, -0.15) is 4.99 Å². The largest absolute Gasteiger partial charge is 0.385 e. The lowest BCUT2D eigenvalue weighted by molar-refractivity contribution is 0.199. The summed E-state index contributed by atoms with van der Waals surface area (Å²) < 4.78 is 0. The van der Waals surface area contributed by atoms with Crippen molar-refractivity contribution in [2.75, 3.05) is 0 Å². The molecule has 19 heavy (non-hydrogen) atoms. The molecule has 0 aromatic heterocycles. The summed E-state index contributed by atoms with van der Waals surface area (Å²) in [6, 6.07) is 4.92. The molecule has 0 bridgehead atoms. The maximum Gasteiger partial charge on any atom is 0.347 e. The Bertz CT molecular complexity index is 598. The molecule has 0 saturated heterocycles. The molecule has 2 rings (SSSR count). The highest BCUT2D eigenvalue weighted by molar-refractivity contribution is 6.03. The van der Waals surface area contributed by atoms with Gasteiger partial charge < -0.3 is 5.73 Å². The van der Waals surface area contributed by atoms with E-state index in [0.29, 0.717) is 5.84 Å². The van der Waals surface area contributed by atoms with Crippen LogP contribution in [-0.4, -0.2) is 22.8 Å². The molecule has 2 unspecified atom stereocenters. The van der Waals surface area contributed by atoms with Crippen molar-refractivity contribution >= 4 is 11.9 Å². The fourth-order valence-electron chi connectivity index (χ4n) is 2.22. The zero-order valence-corrected chi connectivity index (χ0v) is 11.3. The molecule has 98 valence electrons. The first kappa shape index (κ1) is 13.2. The van der Waals surface area contributed by atoms with Crippen LogP contribution in [0.15, 0.2) is 23.2 Å². The van der Waals surface area contributed by atoms with Crippen LogP contribution in [0.25, 0.3) is 0 Å². The summed E-state index contributed by atoms with van der Waals surface area (Å²) in [5.41, 5.74) is 9.18. The SMILES string of the molecule is C#CC(C)N1C(=O)N=C(N)C1c1ccc(C)c(C)c1. The molecule has 2 amide bonds. The molecule has 0 radical (unpaired) electrons. The van der Waals surface area contributed by atoms with E-state index < -0.39 is 0 Å². The van der Waals surface area contributed by atoms with Crippen LogP contribution in [0, 0.1) is 26.2 Å². The van der Waals surface area contributed by atoms with Crippen LogP contribution >= 0.6 is 0 Å². The summed E-state index contributed by atoms with van der Waals surface area (Å²) in [5, 5.41) is 0. The number of hydrogen-bond donors (Lipinski definition) is 1. The number of hydrogen-bond acceptors (Lipinski definition) is 2. The first-order valence-electron chi connectivity index (χ1n) is 6.15. The first-order valence-corrected chi connectivity index (χ1v) is 6.15. The number of carbonyl (C=O) groups is 1. The molecule has 1 heterocycles. The Labute approximate surface area is 113 Å². The van der Waals surface area contributed by atoms with E-state index in [1.54, 1.807) is 11.8 Å². The maximum atomic E-state index is 11.9. The number of aryl methyl sites for hydroxylation is 2. The van der Waals surface area contributed by atoms with E-state index in [9.17, 15) is 4.79 Å². The minimum Gasteiger partial charge on any atom is -0.385 e. The molecule has 1 aliphatic heterocycles. The Kier molecular flexibility index (Phi) is 3.30. The third-order valence-electron chi connectivity index (χ3n) is 3.51. The molecule has 0 aliphatic carbocycles. The standard InChI is InChI=1S/C15H17N3O/c1-5-11(4)18-13(14(16)17-15(18)19)12-7-6-9(2)10(3)8-12/h1,6-8,11,13H,2-4H3,(H2,16,17,19). The number of nitrogens with zero attached hydrogens (tertiary/aromatic N) is 2. The number of urea groups is 1. The van der Waals surface area contributed by atoms with Crippen LogP contribution in [0.2, 0.25) is 0 Å². The van der Waals surface area contributed by atoms with Gasteiger partial charge in [-0.05, 0) is 37.5 Å². The summed E-state index contributed by atoms with van der Waals surface area (Å²) in [5.74, 6) is 2.86. The van der Waals surface area contributed by atoms with E-state index in [1.807, 2.05) is 32.0 Å². The smallest absolute Gasteiger partial charge is 0.347 e. The summed E-state index contributed by atoms with van der Waals surface area (Å²) >= 11 is 0. The van der Waals surface area contributed by atoms with Crippen molar-refractivity contribution in [3.05, 3.63) is 34.9 Å². The van der Waals surface area contributed by atoms with Crippen LogP contribution < -0.4 is 5.73 Å². The number of nitrogens with two attached hydrogens (primary N) is 1. The first-order chi connectivity index (χ1) is 8.95. The Morgan fingerprint density at radius 3 is 2.68 bits per heavy atom. The zero-order valence-electron chi connectivity index (χ0n) is 11.3. The summed E-state index contributed by atoms with van der Waals surface area (Å²) in [4.78, 5) is 17.3. The predicted molar refractivity (Wildman–Crippen MR) is 75.8 cm³/mol. The number of rotatable bonds is 2. The highest BCUT2D eigenvalue weighted by Crippen LogP contribution is 2.29. The Morgan fingerprint density at radius 2 is 2.11 bits per heavy atom. The molecule has 2 atom stereocenters. The van der Waals surface area contributed by atoms with Gasteiger partial charge in [0.05, 0.1) is 6.04 Å². The lowest BCUT2D eigenvalue weighted by Crippen LogP contribution is -2.39. The van der Waals surface area contributed by atoms with E-state index in [0.717, 1.165) is 11.1 Å². The second kappa shape index (κ2) is 4.77. The van der Waals surface area contributed by atoms with E-state index in [4.69, 9.17) is 12.2 Å². The van der Waals surface area contributed by atoms with Gasteiger partial charge in [0.2, 0.25) is 0 Å². The second-order valence-electron chi connectivity index (χ2n) is 4.82. The summed E-state index contributed by atoms with van der Waals surface area (Å²) in [7, 11) is 0. The molecular weight excluding hydrogens is 238 g/mol. The van der Waals surface area contributed by atoms with Gasteiger partial charge in [0.1, 0.15) is 11.9 Å². The molecule has 4 heteroatoms. The molecular formula is C15H17N3O. The fourth-order valence-corrected chi connectivity index (χ4v) is 2.22. The van der Waals surface area contributed by atoms with E-state index in [-0.39, 0.29) is 18.1 Å². The lowest BCUT2D eigenvalue weighted by atomic mass is 9.99. The van der Waals surface area contributed by atoms with Crippen molar-refractivity contribution in [3.8, 4) is 12.3 Å². The van der Waals surface area contributed by atoms with Crippen LogP contribution in [-0.2, 0) is 0 Å². The Hall–Kier alpha value is -2.28. The molecule has 4 nitrogen and oxygen atoms in total. The van der Waals surface area contributed by atoms with Crippen molar-refractivity contribution < 1.29 is 4.79 Å². The highest BCUT2D eigenvalue weighted by Gasteiger charge is 2.37. The molecule has 0 spiro atoms. The molecule has 0 fully saturated rings. The van der Waals surface area contributed by atoms with Gasteiger partial charge in [-0.25, -0.2) is 4.79 Å². The quantitative estimate of drug-likeness (QED) is 0.823. The molecule has 1 aromatic carbocycles. The topological polar surface area (TPSA) is 58.7 Å².